The molecule has 0 fully saturated rings. The molecule has 0 radical (unpaired) electrons. The number of carbonyl (C=O) groups is 1. The quantitative estimate of drug-likeness (QED) is 0.593. The van der Waals surface area contributed by atoms with E-state index in [1.165, 1.54) is 0 Å². The van der Waals surface area contributed by atoms with Crippen LogP contribution in [0.1, 0.15) is 23.7 Å². The maximum Gasteiger partial charge on any atom is 0.257 e. The predicted octanol–water partition coefficient (Wildman–Crippen LogP) is 5.13. The lowest BCUT2D eigenvalue weighted by Crippen LogP contribution is -2.34. The van der Waals surface area contributed by atoms with E-state index in [1.807, 2.05) is 31.2 Å². The van der Waals surface area contributed by atoms with Crippen molar-refractivity contribution in [2.45, 2.75) is 13.3 Å². The van der Waals surface area contributed by atoms with E-state index in [-0.39, 0.29) is 11.0 Å². The molecule has 0 heterocycles. The summed E-state index contributed by atoms with van der Waals surface area (Å²) in [5.74, 6) is 0.421. The molecule has 1 amide bonds. The molecule has 0 spiro atoms. The number of benzene rings is 2. The highest BCUT2D eigenvalue weighted by Gasteiger charge is 2.11. The van der Waals surface area contributed by atoms with Crippen LogP contribution in [0.15, 0.2) is 51.4 Å². The van der Waals surface area contributed by atoms with E-state index in [9.17, 15) is 4.79 Å². The fraction of sp³-hybridized carbons (Fsp3) is 0.176. The molecule has 0 unspecified atom stereocenters. The van der Waals surface area contributed by atoms with Crippen molar-refractivity contribution in [2.24, 2.45) is 0 Å². The van der Waals surface area contributed by atoms with Crippen molar-refractivity contribution in [2.75, 3.05) is 11.9 Å². The predicted molar refractivity (Wildman–Crippen MR) is 108 cm³/mol. The van der Waals surface area contributed by atoms with Crippen LogP contribution in [0.2, 0.25) is 0 Å². The molecule has 0 saturated heterocycles. The summed E-state index contributed by atoms with van der Waals surface area (Å²) in [6.07, 6.45) is 0.920. The fourth-order valence-electron chi connectivity index (χ4n) is 1.86. The van der Waals surface area contributed by atoms with Gasteiger partial charge in [0.1, 0.15) is 5.75 Å². The average Bonchev–Trinajstić information content (AvgIpc) is 2.55. The Balaban J connectivity index is 2.00. The van der Waals surface area contributed by atoms with Crippen LogP contribution in [0.25, 0.3) is 0 Å². The van der Waals surface area contributed by atoms with E-state index in [4.69, 9.17) is 17.0 Å². The lowest BCUT2D eigenvalue weighted by Gasteiger charge is -2.12. The highest BCUT2D eigenvalue weighted by molar-refractivity contribution is 9.11. The summed E-state index contributed by atoms with van der Waals surface area (Å²) >= 11 is 12.0. The van der Waals surface area contributed by atoms with Crippen LogP contribution in [0, 0.1) is 0 Å². The van der Waals surface area contributed by atoms with Crippen molar-refractivity contribution in [1.29, 1.82) is 0 Å². The topological polar surface area (TPSA) is 50.4 Å². The second kappa shape index (κ2) is 9.15. The molecule has 0 saturated carbocycles. The van der Waals surface area contributed by atoms with Crippen molar-refractivity contribution >= 4 is 60.8 Å². The number of thiocarbonyl (C=S) groups is 1. The van der Waals surface area contributed by atoms with Gasteiger partial charge in [-0.25, -0.2) is 0 Å². The Kier molecular flexibility index (Phi) is 7.20. The standard InChI is InChI=1S/C17H16Br2N2O2S/c1-2-9-23-15-8-7-11(10-13(15)19)16(22)21-17(24)20-14-6-4-3-5-12(14)18/h3-8,10H,2,9H2,1H3,(H2,20,21,22,24). The normalized spacial score (nSPS) is 10.1. The van der Waals surface area contributed by atoms with Gasteiger partial charge in [0.25, 0.3) is 5.91 Å². The first-order valence-corrected chi connectivity index (χ1v) is 9.30. The van der Waals surface area contributed by atoms with Gasteiger partial charge in [-0.1, -0.05) is 19.1 Å². The summed E-state index contributed by atoms with van der Waals surface area (Å²) in [6.45, 7) is 2.67. The fourth-order valence-corrected chi connectivity index (χ4v) is 2.94. The first-order valence-electron chi connectivity index (χ1n) is 7.30. The van der Waals surface area contributed by atoms with Crippen molar-refractivity contribution in [3.8, 4) is 5.75 Å². The smallest absolute Gasteiger partial charge is 0.257 e. The van der Waals surface area contributed by atoms with Crippen LogP contribution < -0.4 is 15.4 Å². The second-order valence-electron chi connectivity index (χ2n) is 4.88. The SMILES string of the molecule is CCCOc1ccc(C(=O)NC(=S)Nc2ccccc2Br)cc1Br. The highest BCUT2D eigenvalue weighted by atomic mass is 79.9. The third-order valence-corrected chi connectivity index (χ3v) is 4.52. The summed E-state index contributed by atoms with van der Waals surface area (Å²) in [4.78, 5) is 12.3. The van der Waals surface area contributed by atoms with Gasteiger partial charge in [0.15, 0.2) is 5.11 Å². The van der Waals surface area contributed by atoms with E-state index >= 15 is 0 Å². The Morgan fingerprint density at radius 2 is 1.92 bits per heavy atom. The Bertz CT molecular complexity index is 753. The first kappa shape index (κ1) is 18.9. The summed E-state index contributed by atoms with van der Waals surface area (Å²) in [5, 5.41) is 5.87. The molecule has 0 aliphatic rings. The minimum absolute atomic E-state index is 0.231. The van der Waals surface area contributed by atoms with Crippen molar-refractivity contribution in [3.63, 3.8) is 0 Å². The number of ether oxygens (including phenoxy) is 1. The van der Waals surface area contributed by atoms with Gasteiger partial charge in [-0.3, -0.25) is 10.1 Å². The molecule has 4 nitrogen and oxygen atoms in total. The molecule has 2 aromatic rings. The Morgan fingerprint density at radius 3 is 2.58 bits per heavy atom. The number of rotatable bonds is 5. The molecule has 2 rings (SSSR count). The van der Waals surface area contributed by atoms with E-state index in [0.29, 0.717) is 17.9 Å². The molecule has 0 aliphatic heterocycles. The van der Waals surface area contributed by atoms with Gasteiger partial charge in [0.05, 0.1) is 16.8 Å². The average molecular weight is 472 g/mol. The Labute approximate surface area is 163 Å². The zero-order valence-electron chi connectivity index (χ0n) is 12.9. The van der Waals surface area contributed by atoms with Gasteiger partial charge in [-0.15, -0.1) is 0 Å². The molecule has 126 valence electrons. The monoisotopic (exact) mass is 470 g/mol. The molecular formula is C17H16Br2N2O2S. The summed E-state index contributed by atoms with van der Waals surface area (Å²) in [5.41, 5.74) is 1.27. The number of amides is 1. The maximum atomic E-state index is 12.3. The number of anilines is 1. The molecule has 2 aromatic carbocycles. The summed E-state index contributed by atoms with van der Waals surface area (Å²) in [7, 11) is 0. The van der Waals surface area contributed by atoms with Crippen LogP contribution in [0.3, 0.4) is 0 Å². The lowest BCUT2D eigenvalue weighted by atomic mass is 10.2. The molecule has 0 aliphatic carbocycles. The van der Waals surface area contributed by atoms with Gasteiger partial charge in [0, 0.05) is 10.0 Å². The van der Waals surface area contributed by atoms with E-state index in [2.05, 4.69) is 42.5 Å². The van der Waals surface area contributed by atoms with Crippen molar-refractivity contribution in [1.82, 2.24) is 5.32 Å². The molecule has 2 N–H and O–H groups in total. The van der Waals surface area contributed by atoms with E-state index in [0.717, 1.165) is 21.1 Å². The molecule has 24 heavy (non-hydrogen) atoms. The van der Waals surface area contributed by atoms with E-state index in [1.54, 1.807) is 18.2 Å². The van der Waals surface area contributed by atoms with Crippen molar-refractivity contribution in [3.05, 3.63) is 57.0 Å². The number of carbonyl (C=O) groups excluding carboxylic acids is 1. The first-order chi connectivity index (χ1) is 11.5. The van der Waals surface area contributed by atoms with Gasteiger partial charge in [-0.2, -0.15) is 0 Å². The van der Waals surface area contributed by atoms with Gasteiger partial charge < -0.3 is 10.1 Å². The molecule has 0 atom stereocenters. The number of hydrogen-bond donors (Lipinski definition) is 2. The van der Waals surface area contributed by atoms with Gasteiger partial charge in [0.2, 0.25) is 0 Å². The molecule has 0 bridgehead atoms. The number of halogens is 2. The van der Waals surface area contributed by atoms with Gasteiger partial charge in [-0.05, 0) is 80.8 Å². The van der Waals surface area contributed by atoms with Crippen LogP contribution in [0.4, 0.5) is 5.69 Å². The minimum Gasteiger partial charge on any atom is -0.492 e. The van der Waals surface area contributed by atoms with E-state index < -0.39 is 0 Å². The Hall–Kier alpha value is -1.44. The summed E-state index contributed by atoms with van der Waals surface area (Å²) in [6, 6.07) is 12.7. The summed E-state index contributed by atoms with van der Waals surface area (Å²) < 4.78 is 7.16. The number of nitrogens with one attached hydrogen (secondary N) is 2. The van der Waals surface area contributed by atoms with Crippen molar-refractivity contribution < 1.29 is 9.53 Å². The number of para-hydroxylation sites is 1. The zero-order chi connectivity index (χ0) is 17.5. The largest absolute Gasteiger partial charge is 0.492 e. The van der Waals surface area contributed by atoms with Crippen LogP contribution in [-0.4, -0.2) is 17.6 Å². The van der Waals surface area contributed by atoms with Crippen LogP contribution >= 0.6 is 44.1 Å². The van der Waals surface area contributed by atoms with Crippen LogP contribution in [0.5, 0.6) is 5.75 Å². The maximum absolute atomic E-state index is 12.3. The molecule has 7 heteroatoms. The second-order valence-corrected chi connectivity index (χ2v) is 7.00. The molecular weight excluding hydrogens is 456 g/mol. The highest BCUT2D eigenvalue weighted by Crippen LogP contribution is 2.26. The molecule has 0 aromatic heterocycles. The zero-order valence-corrected chi connectivity index (χ0v) is 16.9. The van der Waals surface area contributed by atoms with Crippen LogP contribution in [-0.2, 0) is 0 Å². The third-order valence-electron chi connectivity index (χ3n) is 3.00. The number of hydrogen-bond acceptors (Lipinski definition) is 3. The minimum atomic E-state index is -0.290. The lowest BCUT2D eigenvalue weighted by molar-refractivity contribution is 0.0977. The third kappa shape index (κ3) is 5.29. The van der Waals surface area contributed by atoms with Gasteiger partial charge >= 0.3 is 0 Å². The Morgan fingerprint density at radius 1 is 1.17 bits per heavy atom.